The maximum absolute atomic E-state index is 9.05. The number of rotatable bonds is 4. The van der Waals surface area contributed by atoms with Gasteiger partial charge >= 0.3 is 0 Å². The molecule has 0 aliphatic rings. The van der Waals surface area contributed by atoms with Crippen molar-refractivity contribution in [3.8, 4) is 0 Å². The fraction of sp³-hybridized carbons (Fsp3) is 0.333. The van der Waals surface area contributed by atoms with Gasteiger partial charge in [-0.1, -0.05) is 18.2 Å². The molecule has 3 heteroatoms. The topological polar surface area (TPSA) is 40.5 Å². The van der Waals surface area contributed by atoms with E-state index in [0.717, 1.165) is 4.90 Å². The van der Waals surface area contributed by atoms with Crippen LogP contribution in [-0.2, 0) is 0 Å². The van der Waals surface area contributed by atoms with Crippen molar-refractivity contribution in [3.05, 3.63) is 30.3 Å². The molecule has 1 aromatic rings. The maximum Gasteiger partial charge on any atom is 0.0864 e. The van der Waals surface area contributed by atoms with Gasteiger partial charge in [0.2, 0.25) is 0 Å². The number of benzene rings is 1. The first-order valence-corrected chi connectivity index (χ1v) is 4.78. The van der Waals surface area contributed by atoms with Crippen LogP contribution in [0, 0.1) is 0 Å². The average molecular weight is 184 g/mol. The summed E-state index contributed by atoms with van der Waals surface area (Å²) in [5.41, 5.74) is 0. The van der Waals surface area contributed by atoms with Gasteiger partial charge in [0.25, 0.3) is 0 Å². The predicted molar refractivity (Wildman–Crippen MR) is 50.3 cm³/mol. The monoisotopic (exact) mass is 184 g/mol. The Bertz CT molecular complexity index is 213. The minimum Gasteiger partial charge on any atom is -0.394 e. The highest BCUT2D eigenvalue weighted by Crippen LogP contribution is 2.17. The third-order valence-electron chi connectivity index (χ3n) is 1.40. The van der Waals surface area contributed by atoms with Crippen LogP contribution in [0.5, 0.6) is 0 Å². The minimum atomic E-state index is -0.616. The molecule has 1 rings (SSSR count). The van der Waals surface area contributed by atoms with Gasteiger partial charge < -0.3 is 10.2 Å². The van der Waals surface area contributed by atoms with Gasteiger partial charge in [-0.25, -0.2) is 0 Å². The van der Waals surface area contributed by atoms with E-state index in [0.29, 0.717) is 5.75 Å². The summed E-state index contributed by atoms with van der Waals surface area (Å²) in [4.78, 5) is 1.12. The van der Waals surface area contributed by atoms with Gasteiger partial charge in [0, 0.05) is 10.6 Å². The van der Waals surface area contributed by atoms with E-state index in [-0.39, 0.29) is 6.61 Å². The normalized spacial score (nSPS) is 12.8. The molecule has 0 heterocycles. The number of hydrogen-bond donors (Lipinski definition) is 2. The van der Waals surface area contributed by atoms with E-state index in [1.54, 1.807) is 11.8 Å². The Morgan fingerprint density at radius 1 is 1.25 bits per heavy atom. The lowest BCUT2D eigenvalue weighted by Gasteiger charge is -2.05. The van der Waals surface area contributed by atoms with Gasteiger partial charge in [0.15, 0.2) is 0 Å². The Morgan fingerprint density at radius 2 is 1.92 bits per heavy atom. The zero-order chi connectivity index (χ0) is 8.81. The quantitative estimate of drug-likeness (QED) is 0.689. The lowest BCUT2D eigenvalue weighted by atomic mass is 10.4. The fourth-order valence-corrected chi connectivity index (χ4v) is 1.60. The van der Waals surface area contributed by atoms with Crippen LogP contribution in [0.2, 0.25) is 0 Å². The highest BCUT2D eigenvalue weighted by Gasteiger charge is 2.01. The predicted octanol–water partition coefficient (Wildman–Crippen LogP) is 1.13. The van der Waals surface area contributed by atoms with Crippen molar-refractivity contribution in [2.45, 2.75) is 11.0 Å². The zero-order valence-electron chi connectivity index (χ0n) is 6.68. The maximum atomic E-state index is 9.05. The highest BCUT2D eigenvalue weighted by atomic mass is 32.2. The molecule has 0 saturated heterocycles. The van der Waals surface area contributed by atoms with E-state index in [1.807, 2.05) is 30.3 Å². The zero-order valence-corrected chi connectivity index (χ0v) is 7.50. The van der Waals surface area contributed by atoms with Crippen LogP contribution in [0.1, 0.15) is 0 Å². The van der Waals surface area contributed by atoms with Crippen LogP contribution in [0.4, 0.5) is 0 Å². The summed E-state index contributed by atoms with van der Waals surface area (Å²) >= 11 is 1.54. The van der Waals surface area contributed by atoms with Crippen LogP contribution in [0.15, 0.2) is 35.2 Å². The molecule has 0 fully saturated rings. The highest BCUT2D eigenvalue weighted by molar-refractivity contribution is 7.99. The Hall–Kier alpha value is -0.510. The summed E-state index contributed by atoms with van der Waals surface area (Å²) in [6.45, 7) is -0.167. The van der Waals surface area contributed by atoms with Gasteiger partial charge in [0.05, 0.1) is 12.7 Å². The van der Waals surface area contributed by atoms with Crippen LogP contribution >= 0.6 is 11.8 Å². The molecule has 2 nitrogen and oxygen atoms in total. The number of thioether (sulfide) groups is 1. The van der Waals surface area contributed by atoms with Gasteiger partial charge in [-0.15, -0.1) is 11.8 Å². The summed E-state index contributed by atoms with van der Waals surface area (Å²) in [5, 5.41) is 17.6. The first kappa shape index (κ1) is 9.58. The Kier molecular flexibility index (Phi) is 4.14. The largest absolute Gasteiger partial charge is 0.394 e. The number of aliphatic hydroxyl groups is 2. The molecule has 0 aromatic heterocycles. The van der Waals surface area contributed by atoms with Crippen LogP contribution in [-0.4, -0.2) is 28.7 Å². The standard InChI is InChI=1S/C9H12O2S/c10-6-8(11)7-12-9-4-2-1-3-5-9/h1-5,8,10-11H,6-7H2. The third-order valence-corrected chi connectivity index (χ3v) is 2.55. The molecule has 0 aliphatic carbocycles. The van der Waals surface area contributed by atoms with Crippen molar-refractivity contribution >= 4 is 11.8 Å². The second kappa shape index (κ2) is 5.19. The van der Waals surface area contributed by atoms with Crippen molar-refractivity contribution in [1.29, 1.82) is 0 Å². The van der Waals surface area contributed by atoms with Crippen LogP contribution in [0.25, 0.3) is 0 Å². The lowest BCUT2D eigenvalue weighted by Crippen LogP contribution is -2.14. The second-order valence-corrected chi connectivity index (χ2v) is 3.55. The second-order valence-electron chi connectivity index (χ2n) is 2.46. The third kappa shape index (κ3) is 3.26. The van der Waals surface area contributed by atoms with Crippen LogP contribution in [0.3, 0.4) is 0 Å². The molecule has 0 aliphatic heterocycles. The lowest BCUT2D eigenvalue weighted by molar-refractivity contribution is 0.113. The van der Waals surface area contributed by atoms with Gasteiger partial charge in [0.1, 0.15) is 0 Å². The van der Waals surface area contributed by atoms with Gasteiger partial charge in [-0.05, 0) is 12.1 Å². The van der Waals surface area contributed by atoms with Crippen molar-refractivity contribution in [2.24, 2.45) is 0 Å². The smallest absolute Gasteiger partial charge is 0.0864 e. The molecule has 0 spiro atoms. The first-order chi connectivity index (χ1) is 5.83. The van der Waals surface area contributed by atoms with Crippen molar-refractivity contribution in [3.63, 3.8) is 0 Å². The Morgan fingerprint density at radius 3 is 2.50 bits per heavy atom. The number of aliphatic hydroxyl groups excluding tert-OH is 2. The molecule has 1 unspecified atom stereocenters. The van der Waals surface area contributed by atoms with Crippen LogP contribution < -0.4 is 0 Å². The average Bonchev–Trinajstić information content (AvgIpc) is 2.16. The minimum absolute atomic E-state index is 0.167. The van der Waals surface area contributed by atoms with E-state index >= 15 is 0 Å². The van der Waals surface area contributed by atoms with Crippen molar-refractivity contribution in [1.82, 2.24) is 0 Å². The molecule has 2 N–H and O–H groups in total. The first-order valence-electron chi connectivity index (χ1n) is 3.79. The van der Waals surface area contributed by atoms with Crippen molar-refractivity contribution in [2.75, 3.05) is 12.4 Å². The Labute approximate surface area is 76.2 Å². The summed E-state index contributed by atoms with van der Waals surface area (Å²) in [7, 11) is 0. The van der Waals surface area contributed by atoms with Gasteiger partial charge in [-0.3, -0.25) is 0 Å². The van der Waals surface area contributed by atoms with E-state index in [1.165, 1.54) is 0 Å². The molecule has 0 amide bonds. The molecule has 1 atom stereocenters. The van der Waals surface area contributed by atoms with Gasteiger partial charge in [-0.2, -0.15) is 0 Å². The van der Waals surface area contributed by atoms with E-state index < -0.39 is 6.10 Å². The van der Waals surface area contributed by atoms with Crippen molar-refractivity contribution < 1.29 is 10.2 Å². The Balaban J connectivity index is 2.33. The molecular weight excluding hydrogens is 172 g/mol. The molecule has 66 valence electrons. The molecule has 1 aromatic carbocycles. The molecular formula is C9H12O2S. The molecule has 12 heavy (non-hydrogen) atoms. The summed E-state index contributed by atoms with van der Waals surface area (Å²) < 4.78 is 0. The molecule has 0 bridgehead atoms. The van der Waals surface area contributed by atoms with E-state index in [9.17, 15) is 0 Å². The summed E-state index contributed by atoms with van der Waals surface area (Å²) in [5.74, 6) is 0.542. The molecule has 0 saturated carbocycles. The summed E-state index contributed by atoms with van der Waals surface area (Å²) in [6.07, 6.45) is -0.616. The SMILES string of the molecule is OCC(O)CSc1ccccc1. The molecule has 0 radical (unpaired) electrons. The number of hydrogen-bond acceptors (Lipinski definition) is 3. The van der Waals surface area contributed by atoms with E-state index in [2.05, 4.69) is 0 Å². The van der Waals surface area contributed by atoms with E-state index in [4.69, 9.17) is 10.2 Å². The summed E-state index contributed by atoms with van der Waals surface area (Å²) in [6, 6.07) is 9.82. The fourth-order valence-electron chi connectivity index (χ4n) is 0.762.